The van der Waals surface area contributed by atoms with Gasteiger partial charge in [-0.3, -0.25) is 15.0 Å². The van der Waals surface area contributed by atoms with E-state index < -0.39 is 30.2 Å². The van der Waals surface area contributed by atoms with Gasteiger partial charge in [0.05, 0.1) is 18.2 Å². The predicted molar refractivity (Wildman–Crippen MR) is 135 cm³/mol. The standard InChI is InChI=1S/C25H36F3N7O2/c1-33(2)21(36)15-35-9-4-16(5-10-35)7-11-37-24-19(25(26,27)28)12-17(14-30-24)22-18-6-8-34(3)23(18)32-20(13-29)31-22/h6,8,12-14,16,20,22,24,29-32H,4-5,7,9-11,15H2,1-3H3. The fraction of sp³-hybridized carbons (Fsp3) is 0.600. The molecule has 0 spiro atoms. The molecule has 37 heavy (non-hydrogen) atoms. The lowest BCUT2D eigenvalue weighted by Crippen LogP contribution is -2.46. The number of amides is 1. The number of alkyl halides is 3. The third-order valence-corrected chi connectivity index (χ3v) is 7.26. The Bertz CT molecular complexity index is 1040. The van der Waals surface area contributed by atoms with Crippen molar-refractivity contribution in [1.82, 2.24) is 25.0 Å². The Hall–Kier alpha value is -2.83. The summed E-state index contributed by atoms with van der Waals surface area (Å²) in [6.07, 6.45) is 1.85. The van der Waals surface area contributed by atoms with Crippen molar-refractivity contribution in [1.29, 1.82) is 5.41 Å². The van der Waals surface area contributed by atoms with Crippen molar-refractivity contribution in [2.45, 2.75) is 43.9 Å². The topological polar surface area (TPSA) is 97.7 Å². The van der Waals surface area contributed by atoms with Crippen LogP contribution in [0.25, 0.3) is 0 Å². The summed E-state index contributed by atoms with van der Waals surface area (Å²) in [6, 6.07) is 1.34. The molecule has 4 N–H and O–H groups in total. The van der Waals surface area contributed by atoms with Gasteiger partial charge in [0.25, 0.3) is 0 Å². The number of ether oxygens (including phenoxy) is 1. The molecular weight excluding hydrogens is 487 g/mol. The summed E-state index contributed by atoms with van der Waals surface area (Å²) < 4.78 is 49.7. The number of piperidine rings is 1. The largest absolute Gasteiger partial charge is 0.417 e. The molecule has 9 nitrogen and oxygen atoms in total. The van der Waals surface area contributed by atoms with Crippen LogP contribution in [-0.2, 0) is 16.6 Å². The molecule has 1 aromatic heterocycles. The summed E-state index contributed by atoms with van der Waals surface area (Å²) in [5.41, 5.74) is 0.461. The molecule has 0 aliphatic carbocycles. The summed E-state index contributed by atoms with van der Waals surface area (Å²) >= 11 is 0. The first-order valence-corrected chi connectivity index (χ1v) is 12.5. The molecular formula is C25H36F3N7O2. The molecule has 0 aromatic carbocycles. The van der Waals surface area contributed by atoms with E-state index in [1.807, 2.05) is 23.9 Å². The lowest BCUT2D eigenvalue weighted by molar-refractivity contribution is -0.130. The molecule has 4 heterocycles. The van der Waals surface area contributed by atoms with Crippen LogP contribution in [0, 0.1) is 11.3 Å². The minimum Gasteiger partial charge on any atom is -0.362 e. The number of fused-ring (bicyclic) bond motifs is 1. The molecule has 3 atom stereocenters. The fourth-order valence-electron chi connectivity index (χ4n) is 5.00. The van der Waals surface area contributed by atoms with E-state index in [9.17, 15) is 18.0 Å². The maximum absolute atomic E-state index is 14.0. The monoisotopic (exact) mass is 523 g/mol. The SMILES string of the molecule is CN(C)C(=O)CN1CCC(CCOC2NC=C(C3NC(C=N)Nc4c3ccn4C)C=C2C(F)(F)F)CC1. The number of hydrogen-bond acceptors (Lipinski definition) is 7. The molecule has 0 radical (unpaired) electrons. The van der Waals surface area contributed by atoms with Crippen LogP contribution < -0.4 is 16.0 Å². The molecule has 1 amide bonds. The Labute approximate surface area is 215 Å². The van der Waals surface area contributed by atoms with Crippen molar-refractivity contribution in [2.24, 2.45) is 13.0 Å². The van der Waals surface area contributed by atoms with Gasteiger partial charge >= 0.3 is 6.18 Å². The van der Waals surface area contributed by atoms with Gasteiger partial charge in [0.1, 0.15) is 12.0 Å². The number of nitrogens with one attached hydrogen (secondary N) is 4. The highest BCUT2D eigenvalue weighted by molar-refractivity contribution is 5.77. The molecule has 1 saturated heterocycles. The van der Waals surface area contributed by atoms with E-state index in [0.29, 0.717) is 24.5 Å². The van der Waals surface area contributed by atoms with Crippen LogP contribution in [-0.4, -0.2) is 85.4 Å². The quantitative estimate of drug-likeness (QED) is 0.391. The van der Waals surface area contributed by atoms with Crippen LogP contribution >= 0.6 is 0 Å². The Kier molecular flexibility index (Phi) is 8.29. The zero-order valence-electron chi connectivity index (χ0n) is 21.4. The lowest BCUT2D eigenvalue weighted by Gasteiger charge is -2.35. The van der Waals surface area contributed by atoms with Gasteiger partial charge in [-0.1, -0.05) is 0 Å². The molecule has 204 valence electrons. The second kappa shape index (κ2) is 11.3. The zero-order chi connectivity index (χ0) is 26.7. The van der Waals surface area contributed by atoms with Crippen molar-refractivity contribution in [3.8, 4) is 0 Å². The summed E-state index contributed by atoms with van der Waals surface area (Å²) in [5.74, 6) is 1.18. The Morgan fingerprint density at radius 2 is 2.03 bits per heavy atom. The third-order valence-electron chi connectivity index (χ3n) is 7.26. The number of nitrogens with zero attached hydrogens (tertiary/aromatic N) is 3. The number of likely N-dealkylation sites (tertiary alicyclic amines) is 1. The number of dihydropyridines is 1. The van der Waals surface area contributed by atoms with Crippen molar-refractivity contribution < 1.29 is 22.7 Å². The fourth-order valence-corrected chi connectivity index (χ4v) is 5.00. The average molecular weight is 524 g/mol. The number of carbonyl (C=O) groups excluding carboxylic acids is 1. The first-order chi connectivity index (χ1) is 17.6. The van der Waals surface area contributed by atoms with E-state index in [0.717, 1.165) is 43.4 Å². The van der Waals surface area contributed by atoms with Gasteiger partial charge in [0.15, 0.2) is 6.23 Å². The van der Waals surface area contributed by atoms with Gasteiger partial charge in [-0.05, 0) is 56.0 Å². The third kappa shape index (κ3) is 6.36. The van der Waals surface area contributed by atoms with E-state index in [1.54, 1.807) is 25.2 Å². The predicted octanol–water partition coefficient (Wildman–Crippen LogP) is 2.57. The van der Waals surface area contributed by atoms with E-state index in [1.165, 1.54) is 6.21 Å². The molecule has 0 bridgehead atoms. The highest BCUT2D eigenvalue weighted by Crippen LogP contribution is 2.38. The van der Waals surface area contributed by atoms with Crippen LogP contribution in [0.5, 0.6) is 0 Å². The van der Waals surface area contributed by atoms with Crippen molar-refractivity contribution in [3.63, 3.8) is 0 Å². The van der Waals surface area contributed by atoms with E-state index in [2.05, 4.69) is 20.9 Å². The number of likely N-dealkylation sites (N-methyl/N-ethyl adjacent to an activating group) is 1. The van der Waals surface area contributed by atoms with Crippen molar-refractivity contribution in [3.05, 3.63) is 41.2 Å². The minimum atomic E-state index is -4.56. The van der Waals surface area contributed by atoms with Gasteiger partial charge in [-0.15, -0.1) is 0 Å². The van der Waals surface area contributed by atoms with Gasteiger partial charge in [0.2, 0.25) is 5.91 Å². The first-order valence-electron chi connectivity index (χ1n) is 12.5. The van der Waals surface area contributed by atoms with Crippen LogP contribution in [0.15, 0.2) is 35.7 Å². The number of aromatic nitrogens is 1. The molecule has 3 aliphatic rings. The van der Waals surface area contributed by atoms with E-state index in [-0.39, 0.29) is 12.5 Å². The van der Waals surface area contributed by atoms with Crippen LogP contribution in [0.1, 0.15) is 30.9 Å². The van der Waals surface area contributed by atoms with Gasteiger partial charge in [0, 0.05) is 51.9 Å². The smallest absolute Gasteiger partial charge is 0.362 e. The lowest BCUT2D eigenvalue weighted by atomic mass is 9.93. The summed E-state index contributed by atoms with van der Waals surface area (Å²) in [7, 11) is 5.32. The van der Waals surface area contributed by atoms with Crippen molar-refractivity contribution in [2.75, 3.05) is 45.7 Å². The Morgan fingerprint density at radius 1 is 1.30 bits per heavy atom. The maximum Gasteiger partial charge on any atom is 0.417 e. The normalized spacial score (nSPS) is 24.9. The minimum absolute atomic E-state index is 0.0700. The highest BCUT2D eigenvalue weighted by Gasteiger charge is 2.42. The van der Waals surface area contributed by atoms with E-state index >= 15 is 0 Å². The zero-order valence-corrected chi connectivity index (χ0v) is 21.4. The van der Waals surface area contributed by atoms with Gasteiger partial charge in [-0.25, -0.2) is 0 Å². The van der Waals surface area contributed by atoms with Crippen molar-refractivity contribution >= 4 is 17.9 Å². The van der Waals surface area contributed by atoms with Crippen LogP contribution in [0.4, 0.5) is 19.0 Å². The number of rotatable bonds is 8. The molecule has 1 aromatic rings. The second-order valence-corrected chi connectivity index (χ2v) is 10.1. The Balaban J connectivity index is 1.35. The second-order valence-electron chi connectivity index (χ2n) is 10.1. The molecule has 1 fully saturated rings. The highest BCUT2D eigenvalue weighted by atomic mass is 19.4. The van der Waals surface area contributed by atoms with E-state index in [4.69, 9.17) is 10.1 Å². The number of carbonyl (C=O) groups is 1. The van der Waals surface area contributed by atoms with Gasteiger partial charge in [-0.2, -0.15) is 13.2 Å². The summed E-state index contributed by atoms with van der Waals surface area (Å²) in [4.78, 5) is 15.6. The first kappa shape index (κ1) is 27.2. The average Bonchev–Trinajstić information content (AvgIpc) is 3.24. The molecule has 0 saturated carbocycles. The number of anilines is 1. The molecule has 3 unspecified atom stereocenters. The number of aryl methyl sites for hydroxylation is 1. The molecule has 12 heteroatoms. The number of halogens is 3. The Morgan fingerprint density at radius 3 is 2.68 bits per heavy atom. The molecule has 3 aliphatic heterocycles. The summed E-state index contributed by atoms with van der Waals surface area (Å²) in [5, 5.41) is 16.8. The van der Waals surface area contributed by atoms with Gasteiger partial charge < -0.3 is 30.2 Å². The molecule has 4 rings (SSSR count). The van der Waals surface area contributed by atoms with Crippen LogP contribution in [0.2, 0.25) is 0 Å². The summed E-state index contributed by atoms with van der Waals surface area (Å²) in [6.45, 7) is 2.20. The van der Waals surface area contributed by atoms with Crippen LogP contribution in [0.3, 0.4) is 0 Å². The number of hydrogen-bond donors (Lipinski definition) is 4. The maximum atomic E-state index is 14.0.